The SMILES string of the molecule is COC(=O)c1cc(Oc2cccc(CO)c2)cc(C)c1N. The van der Waals surface area contributed by atoms with Crippen molar-refractivity contribution < 1.29 is 19.4 Å². The highest BCUT2D eigenvalue weighted by atomic mass is 16.5. The van der Waals surface area contributed by atoms with Crippen LogP contribution in [0, 0.1) is 6.92 Å². The van der Waals surface area contributed by atoms with Crippen molar-refractivity contribution in [2.24, 2.45) is 0 Å². The molecule has 110 valence electrons. The summed E-state index contributed by atoms with van der Waals surface area (Å²) in [5, 5.41) is 9.12. The van der Waals surface area contributed by atoms with Crippen LogP contribution in [0.2, 0.25) is 0 Å². The van der Waals surface area contributed by atoms with E-state index in [1.165, 1.54) is 7.11 Å². The highest BCUT2D eigenvalue weighted by Gasteiger charge is 2.14. The van der Waals surface area contributed by atoms with Crippen molar-refractivity contribution in [1.29, 1.82) is 0 Å². The van der Waals surface area contributed by atoms with Gasteiger partial charge in [0.15, 0.2) is 0 Å². The van der Waals surface area contributed by atoms with Crippen molar-refractivity contribution in [1.82, 2.24) is 0 Å². The molecule has 0 radical (unpaired) electrons. The summed E-state index contributed by atoms with van der Waals surface area (Å²) >= 11 is 0. The van der Waals surface area contributed by atoms with Gasteiger partial charge in [0, 0.05) is 5.69 Å². The van der Waals surface area contributed by atoms with Crippen LogP contribution in [0.25, 0.3) is 0 Å². The third-order valence-electron chi connectivity index (χ3n) is 3.08. The Balaban J connectivity index is 2.36. The van der Waals surface area contributed by atoms with Gasteiger partial charge in [0.1, 0.15) is 11.5 Å². The molecule has 2 rings (SSSR count). The van der Waals surface area contributed by atoms with Crippen LogP contribution < -0.4 is 10.5 Å². The second kappa shape index (κ2) is 6.28. The highest BCUT2D eigenvalue weighted by Crippen LogP contribution is 2.29. The molecule has 0 aliphatic carbocycles. The minimum Gasteiger partial charge on any atom is -0.465 e. The summed E-state index contributed by atoms with van der Waals surface area (Å²) in [5.41, 5.74) is 7.99. The van der Waals surface area contributed by atoms with Crippen molar-refractivity contribution in [2.75, 3.05) is 12.8 Å². The van der Waals surface area contributed by atoms with Gasteiger partial charge in [0.2, 0.25) is 0 Å². The zero-order chi connectivity index (χ0) is 15.4. The van der Waals surface area contributed by atoms with E-state index in [9.17, 15) is 4.79 Å². The summed E-state index contributed by atoms with van der Waals surface area (Å²) in [7, 11) is 1.30. The summed E-state index contributed by atoms with van der Waals surface area (Å²) in [4.78, 5) is 11.7. The quantitative estimate of drug-likeness (QED) is 0.667. The topological polar surface area (TPSA) is 81.8 Å². The molecule has 0 unspecified atom stereocenters. The molecule has 0 heterocycles. The van der Waals surface area contributed by atoms with E-state index in [4.69, 9.17) is 20.3 Å². The van der Waals surface area contributed by atoms with Crippen LogP contribution in [-0.2, 0) is 11.3 Å². The lowest BCUT2D eigenvalue weighted by Crippen LogP contribution is -2.07. The fourth-order valence-corrected chi connectivity index (χ4v) is 1.95. The number of benzene rings is 2. The lowest BCUT2D eigenvalue weighted by molar-refractivity contribution is 0.0601. The Morgan fingerprint density at radius 1 is 1.24 bits per heavy atom. The molecule has 2 aromatic carbocycles. The van der Waals surface area contributed by atoms with Crippen LogP contribution >= 0.6 is 0 Å². The molecule has 0 spiro atoms. The average molecular weight is 287 g/mol. The molecule has 5 nitrogen and oxygen atoms in total. The molecule has 5 heteroatoms. The number of nitrogens with two attached hydrogens (primary N) is 1. The highest BCUT2D eigenvalue weighted by molar-refractivity contribution is 5.96. The predicted molar refractivity (Wildman–Crippen MR) is 79.4 cm³/mol. The van der Waals surface area contributed by atoms with E-state index in [1.807, 2.05) is 0 Å². The van der Waals surface area contributed by atoms with Crippen molar-refractivity contribution in [3.63, 3.8) is 0 Å². The molecular formula is C16H17NO4. The normalized spacial score (nSPS) is 10.2. The van der Waals surface area contributed by atoms with Gasteiger partial charge in [0.25, 0.3) is 0 Å². The molecule has 0 aliphatic heterocycles. The third kappa shape index (κ3) is 3.32. The molecule has 3 N–H and O–H groups in total. The van der Waals surface area contributed by atoms with Crippen LogP contribution in [0.3, 0.4) is 0 Å². The minimum atomic E-state index is -0.509. The summed E-state index contributed by atoms with van der Waals surface area (Å²) < 4.78 is 10.4. The Hall–Kier alpha value is -2.53. The standard InChI is InChI=1S/C16H17NO4/c1-10-6-13(8-14(15(10)17)16(19)20-2)21-12-5-3-4-11(7-12)9-18/h3-8,18H,9,17H2,1-2H3. The summed E-state index contributed by atoms with van der Waals surface area (Å²) in [6.07, 6.45) is 0. The lowest BCUT2D eigenvalue weighted by atomic mass is 10.1. The lowest BCUT2D eigenvalue weighted by Gasteiger charge is -2.12. The molecule has 0 aliphatic rings. The second-order valence-corrected chi connectivity index (χ2v) is 4.60. The van der Waals surface area contributed by atoms with E-state index in [0.717, 1.165) is 11.1 Å². The summed E-state index contributed by atoms with van der Waals surface area (Å²) in [5.74, 6) is 0.545. The number of aliphatic hydroxyl groups excluding tert-OH is 1. The number of hydrogen-bond donors (Lipinski definition) is 2. The minimum absolute atomic E-state index is 0.0641. The van der Waals surface area contributed by atoms with Crippen molar-refractivity contribution >= 4 is 11.7 Å². The van der Waals surface area contributed by atoms with Gasteiger partial charge in [-0.2, -0.15) is 0 Å². The molecule has 0 atom stereocenters. The Labute approximate surface area is 122 Å². The second-order valence-electron chi connectivity index (χ2n) is 4.60. The van der Waals surface area contributed by atoms with Crippen LogP contribution in [0.5, 0.6) is 11.5 Å². The smallest absolute Gasteiger partial charge is 0.340 e. The summed E-state index contributed by atoms with van der Waals surface area (Å²) in [6, 6.07) is 10.4. The number of carbonyl (C=O) groups is 1. The number of methoxy groups -OCH3 is 1. The van der Waals surface area contributed by atoms with Gasteiger partial charge < -0.3 is 20.3 Å². The fraction of sp³-hybridized carbons (Fsp3) is 0.188. The monoisotopic (exact) mass is 287 g/mol. The maximum absolute atomic E-state index is 11.7. The fourth-order valence-electron chi connectivity index (χ4n) is 1.95. The van der Waals surface area contributed by atoms with Crippen LogP contribution in [0.1, 0.15) is 21.5 Å². The van der Waals surface area contributed by atoms with Crippen LogP contribution in [0.15, 0.2) is 36.4 Å². The van der Waals surface area contributed by atoms with Gasteiger partial charge in [-0.25, -0.2) is 4.79 Å². The number of carbonyl (C=O) groups excluding carboxylic acids is 1. The Kier molecular flexibility index (Phi) is 4.45. The first-order valence-electron chi connectivity index (χ1n) is 6.41. The number of aryl methyl sites for hydroxylation is 1. The van der Waals surface area contributed by atoms with Gasteiger partial charge in [-0.05, 0) is 42.3 Å². The number of rotatable bonds is 4. The zero-order valence-corrected chi connectivity index (χ0v) is 11.9. The molecular weight excluding hydrogens is 270 g/mol. The first-order chi connectivity index (χ1) is 10.0. The molecule has 21 heavy (non-hydrogen) atoms. The van der Waals surface area contributed by atoms with Gasteiger partial charge in [-0.3, -0.25) is 0 Å². The Morgan fingerprint density at radius 3 is 2.67 bits per heavy atom. The molecule has 2 aromatic rings. The predicted octanol–water partition coefficient (Wildman–Crippen LogP) is 2.65. The van der Waals surface area contributed by atoms with Gasteiger partial charge in [-0.1, -0.05) is 12.1 Å². The van der Waals surface area contributed by atoms with Crippen molar-refractivity contribution in [3.8, 4) is 11.5 Å². The molecule has 0 aromatic heterocycles. The van der Waals surface area contributed by atoms with E-state index < -0.39 is 5.97 Å². The van der Waals surface area contributed by atoms with E-state index in [1.54, 1.807) is 43.3 Å². The Bertz CT molecular complexity index is 667. The van der Waals surface area contributed by atoms with Crippen LogP contribution in [0.4, 0.5) is 5.69 Å². The molecule has 0 fully saturated rings. The largest absolute Gasteiger partial charge is 0.465 e. The van der Waals surface area contributed by atoms with Gasteiger partial charge >= 0.3 is 5.97 Å². The molecule has 0 bridgehead atoms. The van der Waals surface area contributed by atoms with E-state index in [-0.39, 0.29) is 12.2 Å². The van der Waals surface area contributed by atoms with Crippen LogP contribution in [-0.4, -0.2) is 18.2 Å². The average Bonchev–Trinajstić information content (AvgIpc) is 2.50. The third-order valence-corrected chi connectivity index (χ3v) is 3.08. The Morgan fingerprint density at radius 2 is 2.00 bits per heavy atom. The van der Waals surface area contributed by atoms with Crippen molar-refractivity contribution in [3.05, 3.63) is 53.1 Å². The van der Waals surface area contributed by atoms with Crippen molar-refractivity contribution in [2.45, 2.75) is 13.5 Å². The maximum atomic E-state index is 11.7. The molecule has 0 saturated carbocycles. The van der Waals surface area contributed by atoms with E-state index in [2.05, 4.69) is 0 Å². The molecule has 0 saturated heterocycles. The zero-order valence-electron chi connectivity index (χ0n) is 11.9. The number of ether oxygens (including phenoxy) is 2. The van der Waals surface area contributed by atoms with Gasteiger partial charge in [-0.15, -0.1) is 0 Å². The number of hydrogen-bond acceptors (Lipinski definition) is 5. The van der Waals surface area contributed by atoms with E-state index in [0.29, 0.717) is 17.2 Å². The number of esters is 1. The number of nitrogen functional groups attached to an aromatic ring is 1. The summed E-state index contributed by atoms with van der Waals surface area (Å²) in [6.45, 7) is 1.73. The van der Waals surface area contributed by atoms with E-state index >= 15 is 0 Å². The first kappa shape index (κ1) is 14.9. The maximum Gasteiger partial charge on any atom is 0.340 e. The number of anilines is 1. The number of aliphatic hydroxyl groups is 1. The molecule has 0 amide bonds. The first-order valence-corrected chi connectivity index (χ1v) is 6.41. The van der Waals surface area contributed by atoms with Gasteiger partial charge in [0.05, 0.1) is 19.3 Å².